The number of aromatic nitrogens is 1. The molecule has 1 fully saturated rings. The lowest BCUT2D eigenvalue weighted by Gasteiger charge is -2.39. The molecule has 2 heterocycles. The molecule has 1 aromatic carbocycles. The molecule has 1 aliphatic heterocycles. The number of para-hydroxylation sites is 1. The van der Waals surface area contributed by atoms with Crippen LogP contribution in [-0.4, -0.2) is 18.1 Å². The van der Waals surface area contributed by atoms with Crippen LogP contribution in [0, 0.1) is 6.92 Å². The third-order valence-corrected chi connectivity index (χ3v) is 5.00. The molecule has 4 heteroatoms. The van der Waals surface area contributed by atoms with Crippen LogP contribution in [0.25, 0.3) is 0 Å². The first-order valence-electron chi connectivity index (χ1n) is 6.69. The van der Waals surface area contributed by atoms with Gasteiger partial charge in [0.2, 0.25) is 0 Å². The lowest BCUT2D eigenvalue weighted by molar-refractivity contribution is 0.341. The van der Waals surface area contributed by atoms with Crippen molar-refractivity contribution in [1.82, 2.24) is 4.98 Å². The number of nitrogens with zero attached hydrogens (tertiary/aromatic N) is 2. The van der Waals surface area contributed by atoms with E-state index in [0.717, 1.165) is 36.6 Å². The number of piperidine rings is 1. The molecular weight excluding hydrogens is 254 g/mol. The van der Waals surface area contributed by atoms with Gasteiger partial charge in [0.1, 0.15) is 5.01 Å². The summed E-state index contributed by atoms with van der Waals surface area (Å²) in [5.41, 5.74) is 8.69. The maximum absolute atomic E-state index is 6.56. The van der Waals surface area contributed by atoms with E-state index < -0.39 is 0 Å². The lowest BCUT2D eigenvalue weighted by atomic mass is 9.89. The van der Waals surface area contributed by atoms with Gasteiger partial charge in [-0.2, -0.15) is 0 Å². The molecule has 0 aliphatic carbocycles. The second kappa shape index (κ2) is 4.94. The SMILES string of the molecule is Cc1csc(C2(N)CCN(c3ccccc3)CC2)n1. The third-order valence-electron chi connectivity index (χ3n) is 3.82. The van der Waals surface area contributed by atoms with Crippen LogP contribution in [-0.2, 0) is 5.54 Å². The van der Waals surface area contributed by atoms with Crippen molar-refractivity contribution in [3.8, 4) is 0 Å². The van der Waals surface area contributed by atoms with Gasteiger partial charge in [-0.3, -0.25) is 0 Å². The molecule has 2 aromatic rings. The number of thiazole rings is 1. The smallest absolute Gasteiger partial charge is 0.113 e. The number of anilines is 1. The second-order valence-electron chi connectivity index (χ2n) is 5.27. The van der Waals surface area contributed by atoms with Crippen molar-refractivity contribution < 1.29 is 0 Å². The van der Waals surface area contributed by atoms with Crippen LogP contribution in [0.5, 0.6) is 0 Å². The van der Waals surface area contributed by atoms with E-state index in [2.05, 4.69) is 45.6 Å². The zero-order chi connectivity index (χ0) is 13.3. The van der Waals surface area contributed by atoms with Gasteiger partial charge in [0.05, 0.1) is 5.54 Å². The molecule has 2 N–H and O–H groups in total. The van der Waals surface area contributed by atoms with Gasteiger partial charge in [0.25, 0.3) is 0 Å². The van der Waals surface area contributed by atoms with Crippen LogP contribution in [0.2, 0.25) is 0 Å². The fraction of sp³-hybridized carbons (Fsp3) is 0.400. The predicted octanol–water partition coefficient (Wildman–Crippen LogP) is 2.91. The second-order valence-corrected chi connectivity index (χ2v) is 6.13. The molecule has 0 spiro atoms. The van der Waals surface area contributed by atoms with Crippen molar-refractivity contribution in [3.05, 3.63) is 46.4 Å². The highest BCUT2D eigenvalue weighted by molar-refractivity contribution is 7.09. The summed E-state index contributed by atoms with van der Waals surface area (Å²) in [5, 5.41) is 3.19. The molecule has 0 atom stereocenters. The maximum Gasteiger partial charge on any atom is 0.113 e. The Morgan fingerprint density at radius 1 is 1.21 bits per heavy atom. The summed E-state index contributed by atoms with van der Waals surface area (Å²) >= 11 is 1.70. The number of benzene rings is 1. The van der Waals surface area contributed by atoms with Crippen LogP contribution in [0.15, 0.2) is 35.7 Å². The van der Waals surface area contributed by atoms with Crippen LogP contribution < -0.4 is 10.6 Å². The highest BCUT2D eigenvalue weighted by atomic mass is 32.1. The van der Waals surface area contributed by atoms with E-state index in [-0.39, 0.29) is 5.54 Å². The van der Waals surface area contributed by atoms with E-state index >= 15 is 0 Å². The number of hydrogen-bond donors (Lipinski definition) is 1. The summed E-state index contributed by atoms with van der Waals surface area (Å²) in [6, 6.07) is 10.6. The average Bonchev–Trinajstić information content (AvgIpc) is 2.88. The summed E-state index contributed by atoms with van der Waals surface area (Å²) < 4.78 is 0. The maximum atomic E-state index is 6.56. The number of rotatable bonds is 2. The van der Waals surface area contributed by atoms with Gasteiger partial charge < -0.3 is 10.6 Å². The molecule has 1 aromatic heterocycles. The minimum Gasteiger partial charge on any atom is -0.371 e. The molecule has 1 saturated heterocycles. The summed E-state index contributed by atoms with van der Waals surface area (Å²) in [6.07, 6.45) is 1.93. The Labute approximate surface area is 118 Å². The first-order valence-corrected chi connectivity index (χ1v) is 7.57. The summed E-state index contributed by atoms with van der Waals surface area (Å²) in [7, 11) is 0. The van der Waals surface area contributed by atoms with Gasteiger partial charge in [-0.25, -0.2) is 4.98 Å². The number of aryl methyl sites for hydroxylation is 1. The molecule has 1 aliphatic rings. The highest BCUT2D eigenvalue weighted by Crippen LogP contribution is 2.33. The predicted molar refractivity (Wildman–Crippen MR) is 80.6 cm³/mol. The topological polar surface area (TPSA) is 42.1 Å². The molecule has 0 bridgehead atoms. The Hall–Kier alpha value is -1.39. The van der Waals surface area contributed by atoms with Crippen LogP contribution >= 0.6 is 11.3 Å². The Morgan fingerprint density at radius 3 is 2.47 bits per heavy atom. The van der Waals surface area contributed by atoms with Gasteiger partial charge in [-0.15, -0.1) is 11.3 Å². The van der Waals surface area contributed by atoms with Gasteiger partial charge in [0.15, 0.2) is 0 Å². The molecule has 3 nitrogen and oxygen atoms in total. The molecule has 19 heavy (non-hydrogen) atoms. The first kappa shape index (κ1) is 12.6. The molecular formula is C15H19N3S. The molecule has 0 saturated carbocycles. The van der Waals surface area contributed by atoms with E-state index in [9.17, 15) is 0 Å². The van der Waals surface area contributed by atoms with Crippen molar-refractivity contribution in [2.45, 2.75) is 25.3 Å². The van der Waals surface area contributed by atoms with E-state index in [1.165, 1.54) is 5.69 Å². The Bertz CT molecular complexity index is 542. The standard InChI is InChI=1S/C15H19N3S/c1-12-11-19-14(17-12)15(16)7-9-18(10-8-15)13-5-3-2-4-6-13/h2-6,11H,7-10,16H2,1H3. The van der Waals surface area contributed by atoms with E-state index in [1.54, 1.807) is 11.3 Å². The summed E-state index contributed by atoms with van der Waals surface area (Å²) in [4.78, 5) is 6.99. The quantitative estimate of drug-likeness (QED) is 0.915. The average molecular weight is 273 g/mol. The Balaban J connectivity index is 1.72. The van der Waals surface area contributed by atoms with Crippen molar-refractivity contribution in [2.75, 3.05) is 18.0 Å². The van der Waals surface area contributed by atoms with E-state index in [1.807, 2.05) is 6.92 Å². The van der Waals surface area contributed by atoms with Gasteiger partial charge >= 0.3 is 0 Å². The van der Waals surface area contributed by atoms with Crippen LogP contribution in [0.1, 0.15) is 23.5 Å². The van der Waals surface area contributed by atoms with E-state index in [4.69, 9.17) is 5.73 Å². The van der Waals surface area contributed by atoms with E-state index in [0.29, 0.717) is 0 Å². The van der Waals surface area contributed by atoms with Gasteiger partial charge in [-0.05, 0) is 31.9 Å². The third kappa shape index (κ3) is 2.51. The fourth-order valence-electron chi connectivity index (χ4n) is 2.60. The van der Waals surface area contributed by atoms with Crippen molar-refractivity contribution in [2.24, 2.45) is 5.73 Å². The Morgan fingerprint density at radius 2 is 1.89 bits per heavy atom. The number of nitrogens with two attached hydrogens (primary N) is 1. The molecule has 3 rings (SSSR count). The molecule has 0 amide bonds. The Kier molecular flexibility index (Phi) is 3.29. The van der Waals surface area contributed by atoms with Crippen LogP contribution in [0.4, 0.5) is 5.69 Å². The van der Waals surface area contributed by atoms with Crippen molar-refractivity contribution in [3.63, 3.8) is 0 Å². The van der Waals surface area contributed by atoms with Gasteiger partial charge in [-0.1, -0.05) is 18.2 Å². The summed E-state index contributed by atoms with van der Waals surface area (Å²) in [5.74, 6) is 0. The van der Waals surface area contributed by atoms with Crippen molar-refractivity contribution >= 4 is 17.0 Å². The number of hydrogen-bond acceptors (Lipinski definition) is 4. The monoisotopic (exact) mass is 273 g/mol. The lowest BCUT2D eigenvalue weighted by Crippen LogP contribution is -2.48. The first-order chi connectivity index (χ1) is 9.17. The highest BCUT2D eigenvalue weighted by Gasteiger charge is 2.34. The normalized spacial score (nSPS) is 18.5. The largest absolute Gasteiger partial charge is 0.371 e. The molecule has 0 unspecified atom stereocenters. The zero-order valence-electron chi connectivity index (χ0n) is 11.2. The van der Waals surface area contributed by atoms with Gasteiger partial charge in [0, 0.05) is 29.9 Å². The molecule has 100 valence electrons. The zero-order valence-corrected chi connectivity index (χ0v) is 12.0. The minimum atomic E-state index is -0.232. The van der Waals surface area contributed by atoms with Crippen LogP contribution in [0.3, 0.4) is 0 Å². The summed E-state index contributed by atoms with van der Waals surface area (Å²) in [6.45, 7) is 4.03. The molecule has 0 radical (unpaired) electrons. The fourth-order valence-corrected chi connectivity index (χ4v) is 3.57. The minimum absolute atomic E-state index is 0.232. The van der Waals surface area contributed by atoms with Crippen molar-refractivity contribution in [1.29, 1.82) is 0 Å².